The maximum atomic E-state index is 13.6. The van der Waals surface area contributed by atoms with Gasteiger partial charge in [-0.05, 0) is 18.6 Å². The minimum Gasteiger partial charge on any atom is -0.337 e. The number of rotatable bonds is 4. The molecule has 0 bridgehead atoms. The van der Waals surface area contributed by atoms with Crippen molar-refractivity contribution >= 4 is 28.1 Å². The molecule has 0 unspecified atom stereocenters. The average molecular weight is 429 g/mol. The molecule has 4 aromatic rings. The predicted molar refractivity (Wildman–Crippen MR) is 125 cm³/mol. The number of hydrogen-bond acceptors (Lipinski definition) is 5. The SMILES string of the molecule is O=C(c1cc(-c2ccccc2)nc2ccccc12)N1CCCN(Cc2nccs2)CC1. The van der Waals surface area contributed by atoms with Crippen LogP contribution in [0.5, 0.6) is 0 Å². The number of carbonyl (C=O) groups is 1. The highest BCUT2D eigenvalue weighted by molar-refractivity contribution is 7.09. The van der Waals surface area contributed by atoms with Crippen molar-refractivity contribution in [3.05, 3.63) is 82.8 Å². The number of benzene rings is 2. The molecule has 1 saturated heterocycles. The molecule has 6 heteroatoms. The summed E-state index contributed by atoms with van der Waals surface area (Å²) in [5.74, 6) is 0.0897. The van der Waals surface area contributed by atoms with Gasteiger partial charge >= 0.3 is 0 Å². The first kappa shape index (κ1) is 19.8. The van der Waals surface area contributed by atoms with Crippen LogP contribution in [0.1, 0.15) is 21.8 Å². The van der Waals surface area contributed by atoms with Gasteiger partial charge in [0.05, 0.1) is 23.3 Å². The quantitative estimate of drug-likeness (QED) is 0.473. The van der Waals surface area contributed by atoms with E-state index in [1.807, 2.05) is 77.1 Å². The lowest BCUT2D eigenvalue weighted by atomic mass is 10.0. The molecule has 156 valence electrons. The Morgan fingerprint density at radius 2 is 1.81 bits per heavy atom. The molecule has 0 spiro atoms. The standard InChI is InChI=1S/C25H24N4OS/c30-25(29-13-6-12-28(14-15-29)18-24-26-11-16-31-24)21-17-23(19-7-2-1-3-8-19)27-22-10-5-4-9-20(21)22/h1-5,7-11,16-17H,6,12-15,18H2. The van der Waals surface area contributed by atoms with Crippen LogP contribution in [0.15, 0.2) is 72.2 Å². The molecule has 0 radical (unpaired) electrons. The van der Waals surface area contributed by atoms with Gasteiger partial charge < -0.3 is 4.90 Å². The van der Waals surface area contributed by atoms with E-state index in [-0.39, 0.29) is 5.91 Å². The van der Waals surface area contributed by atoms with Crippen molar-refractivity contribution in [1.29, 1.82) is 0 Å². The summed E-state index contributed by atoms with van der Waals surface area (Å²) in [6.45, 7) is 4.19. The summed E-state index contributed by atoms with van der Waals surface area (Å²) in [6, 6.07) is 19.9. The van der Waals surface area contributed by atoms with Gasteiger partial charge in [-0.1, -0.05) is 48.5 Å². The van der Waals surface area contributed by atoms with E-state index in [2.05, 4.69) is 9.88 Å². The van der Waals surface area contributed by atoms with Crippen LogP contribution in [-0.4, -0.2) is 51.9 Å². The Bertz CT molecular complexity index is 1180. The summed E-state index contributed by atoms with van der Waals surface area (Å²) >= 11 is 1.69. The molecule has 0 N–H and O–H groups in total. The van der Waals surface area contributed by atoms with E-state index in [4.69, 9.17) is 4.98 Å². The van der Waals surface area contributed by atoms with Gasteiger partial charge in [0.15, 0.2) is 0 Å². The van der Waals surface area contributed by atoms with E-state index in [9.17, 15) is 4.79 Å². The van der Waals surface area contributed by atoms with Gasteiger partial charge in [-0.25, -0.2) is 9.97 Å². The van der Waals surface area contributed by atoms with E-state index in [1.54, 1.807) is 11.3 Å². The van der Waals surface area contributed by atoms with Crippen LogP contribution in [0, 0.1) is 0 Å². The van der Waals surface area contributed by atoms with Gasteiger partial charge in [-0.3, -0.25) is 9.69 Å². The lowest BCUT2D eigenvalue weighted by molar-refractivity contribution is 0.0763. The van der Waals surface area contributed by atoms with E-state index in [1.165, 1.54) is 0 Å². The minimum absolute atomic E-state index is 0.0897. The number of nitrogens with zero attached hydrogens (tertiary/aromatic N) is 4. The van der Waals surface area contributed by atoms with E-state index < -0.39 is 0 Å². The zero-order valence-electron chi connectivity index (χ0n) is 17.3. The first-order valence-corrected chi connectivity index (χ1v) is 11.5. The Hall–Kier alpha value is -3.09. The maximum absolute atomic E-state index is 13.6. The lowest BCUT2D eigenvalue weighted by Crippen LogP contribution is -2.35. The van der Waals surface area contributed by atoms with Gasteiger partial charge in [-0.15, -0.1) is 11.3 Å². The van der Waals surface area contributed by atoms with E-state index >= 15 is 0 Å². The van der Waals surface area contributed by atoms with Crippen LogP contribution < -0.4 is 0 Å². The lowest BCUT2D eigenvalue weighted by Gasteiger charge is -2.22. The van der Waals surface area contributed by atoms with E-state index in [0.29, 0.717) is 0 Å². The Morgan fingerprint density at radius 3 is 2.65 bits per heavy atom. The third-order valence-electron chi connectivity index (χ3n) is 5.73. The molecule has 0 aliphatic carbocycles. The molecule has 1 fully saturated rings. The number of amides is 1. The second-order valence-corrected chi connectivity index (χ2v) is 8.77. The molecule has 1 amide bonds. The van der Waals surface area contributed by atoms with Crippen molar-refractivity contribution in [1.82, 2.24) is 19.8 Å². The number of fused-ring (bicyclic) bond motifs is 1. The van der Waals surface area contributed by atoms with Crippen molar-refractivity contribution in [2.24, 2.45) is 0 Å². The van der Waals surface area contributed by atoms with Crippen LogP contribution in [0.25, 0.3) is 22.2 Å². The van der Waals surface area contributed by atoms with Gasteiger partial charge in [0.1, 0.15) is 5.01 Å². The maximum Gasteiger partial charge on any atom is 0.254 e. The fraction of sp³-hybridized carbons (Fsp3) is 0.240. The van der Waals surface area contributed by atoms with Crippen molar-refractivity contribution in [2.45, 2.75) is 13.0 Å². The molecule has 0 atom stereocenters. The summed E-state index contributed by atoms with van der Waals surface area (Å²) in [4.78, 5) is 27.3. The fourth-order valence-corrected chi connectivity index (χ4v) is 4.79. The Morgan fingerprint density at radius 1 is 0.968 bits per heavy atom. The van der Waals surface area contributed by atoms with Crippen molar-refractivity contribution in [3.63, 3.8) is 0 Å². The third-order valence-corrected chi connectivity index (χ3v) is 6.50. The summed E-state index contributed by atoms with van der Waals surface area (Å²) < 4.78 is 0. The zero-order valence-corrected chi connectivity index (χ0v) is 18.1. The molecule has 5 nitrogen and oxygen atoms in total. The molecular weight excluding hydrogens is 404 g/mol. The van der Waals surface area contributed by atoms with Gasteiger partial charge in [0, 0.05) is 48.7 Å². The van der Waals surface area contributed by atoms with Gasteiger partial charge in [0.25, 0.3) is 5.91 Å². The number of hydrogen-bond donors (Lipinski definition) is 0. The average Bonchev–Trinajstić information content (AvgIpc) is 3.22. The predicted octanol–water partition coefficient (Wildman–Crippen LogP) is 4.71. The fourth-order valence-electron chi connectivity index (χ4n) is 4.13. The molecular formula is C25H24N4OS. The number of pyridine rings is 1. The second-order valence-electron chi connectivity index (χ2n) is 7.79. The zero-order chi connectivity index (χ0) is 21.0. The van der Waals surface area contributed by atoms with Crippen molar-refractivity contribution in [2.75, 3.05) is 26.2 Å². The second kappa shape index (κ2) is 8.96. The van der Waals surface area contributed by atoms with Crippen LogP contribution >= 0.6 is 11.3 Å². The highest BCUT2D eigenvalue weighted by atomic mass is 32.1. The van der Waals surface area contributed by atoms with Gasteiger partial charge in [-0.2, -0.15) is 0 Å². The Labute approximate surface area is 186 Å². The normalized spacial score (nSPS) is 15.2. The smallest absolute Gasteiger partial charge is 0.254 e. The van der Waals surface area contributed by atoms with Crippen LogP contribution in [-0.2, 0) is 6.54 Å². The molecule has 0 saturated carbocycles. The molecule has 3 heterocycles. The largest absolute Gasteiger partial charge is 0.337 e. The molecule has 1 aliphatic rings. The number of thiazole rings is 1. The van der Waals surface area contributed by atoms with Crippen molar-refractivity contribution < 1.29 is 4.79 Å². The highest BCUT2D eigenvalue weighted by Crippen LogP contribution is 2.26. The Kier molecular flexibility index (Phi) is 5.74. The van der Waals surface area contributed by atoms with Crippen LogP contribution in [0.4, 0.5) is 0 Å². The Balaban J connectivity index is 1.42. The number of para-hydroxylation sites is 1. The number of aromatic nitrogens is 2. The summed E-state index contributed by atoms with van der Waals surface area (Å²) in [5.41, 5.74) is 3.45. The van der Waals surface area contributed by atoms with Crippen LogP contribution in [0.2, 0.25) is 0 Å². The summed E-state index contributed by atoms with van der Waals surface area (Å²) in [5, 5.41) is 4.06. The monoisotopic (exact) mass is 428 g/mol. The molecule has 2 aromatic carbocycles. The molecule has 5 rings (SSSR count). The summed E-state index contributed by atoms with van der Waals surface area (Å²) in [6.07, 6.45) is 2.82. The van der Waals surface area contributed by atoms with E-state index in [0.717, 1.165) is 71.9 Å². The molecule has 1 aliphatic heterocycles. The molecule has 31 heavy (non-hydrogen) atoms. The first-order valence-electron chi connectivity index (χ1n) is 10.6. The highest BCUT2D eigenvalue weighted by Gasteiger charge is 2.23. The topological polar surface area (TPSA) is 49.3 Å². The first-order chi connectivity index (χ1) is 15.3. The summed E-state index contributed by atoms with van der Waals surface area (Å²) in [7, 11) is 0. The van der Waals surface area contributed by atoms with Crippen molar-refractivity contribution in [3.8, 4) is 11.3 Å². The van der Waals surface area contributed by atoms with Gasteiger partial charge in [0.2, 0.25) is 0 Å². The molecule has 2 aromatic heterocycles. The number of carbonyl (C=O) groups excluding carboxylic acids is 1. The third kappa shape index (κ3) is 4.36. The minimum atomic E-state index is 0.0897. The van der Waals surface area contributed by atoms with Crippen LogP contribution in [0.3, 0.4) is 0 Å².